The second-order valence-electron chi connectivity index (χ2n) is 10.8. The molecule has 0 bridgehead atoms. The first-order valence-electron chi connectivity index (χ1n) is 13.6. The standard InChI is InChI=1S/C35H40O3Si/c1-5-33(36-26-29-18-10-6-11-19-29)34(37-27-30-20-12-7-13-21-30)28-38-39(35(2,3)4,31-22-14-8-15-23-31)32-24-16-9-17-25-32/h5-25,33-34H,1,26-28H2,2-4H3/t33-,34+/m0/s1. The third-order valence-corrected chi connectivity index (χ3v) is 12.1. The lowest BCUT2D eigenvalue weighted by Gasteiger charge is -2.44. The summed E-state index contributed by atoms with van der Waals surface area (Å²) in [6.45, 7) is 12.3. The Morgan fingerprint density at radius 3 is 1.46 bits per heavy atom. The van der Waals surface area contributed by atoms with Crippen LogP contribution in [0.4, 0.5) is 0 Å². The van der Waals surface area contributed by atoms with Crippen LogP contribution in [-0.4, -0.2) is 27.1 Å². The van der Waals surface area contributed by atoms with Gasteiger partial charge in [-0.15, -0.1) is 6.58 Å². The van der Waals surface area contributed by atoms with Crippen molar-refractivity contribution in [2.45, 2.75) is 51.2 Å². The Kier molecular flexibility index (Phi) is 10.1. The molecule has 0 radical (unpaired) electrons. The minimum absolute atomic E-state index is 0.131. The van der Waals surface area contributed by atoms with Crippen LogP contribution in [0.2, 0.25) is 5.04 Å². The molecule has 4 aromatic carbocycles. The van der Waals surface area contributed by atoms with Crippen molar-refractivity contribution in [1.82, 2.24) is 0 Å². The summed E-state index contributed by atoms with van der Waals surface area (Å²) in [5.41, 5.74) is 2.22. The summed E-state index contributed by atoms with van der Waals surface area (Å²) in [7, 11) is -2.74. The number of rotatable bonds is 13. The van der Waals surface area contributed by atoms with Gasteiger partial charge in [0.1, 0.15) is 12.2 Å². The average molecular weight is 537 g/mol. The Balaban J connectivity index is 1.66. The van der Waals surface area contributed by atoms with E-state index in [2.05, 4.69) is 112 Å². The SMILES string of the molecule is C=C[C@H](OCc1ccccc1)[C@@H](CO[Si](c1ccccc1)(c1ccccc1)C(C)(C)C)OCc1ccccc1. The fourth-order valence-electron chi connectivity index (χ4n) is 5.08. The van der Waals surface area contributed by atoms with Gasteiger partial charge in [0.25, 0.3) is 8.32 Å². The van der Waals surface area contributed by atoms with Gasteiger partial charge in [-0.1, -0.05) is 148 Å². The maximum absolute atomic E-state index is 7.24. The minimum Gasteiger partial charge on any atom is -0.405 e. The maximum atomic E-state index is 7.24. The van der Waals surface area contributed by atoms with Gasteiger partial charge < -0.3 is 13.9 Å². The van der Waals surface area contributed by atoms with E-state index in [9.17, 15) is 0 Å². The summed E-state index contributed by atoms with van der Waals surface area (Å²) in [6, 6.07) is 41.8. The van der Waals surface area contributed by atoms with Crippen LogP contribution in [0, 0.1) is 0 Å². The molecule has 0 aliphatic rings. The molecule has 4 aromatic rings. The van der Waals surface area contributed by atoms with Gasteiger partial charge in [0, 0.05) is 0 Å². The molecule has 4 rings (SSSR count). The molecule has 0 unspecified atom stereocenters. The molecule has 0 aliphatic heterocycles. The van der Waals surface area contributed by atoms with Crippen LogP contribution in [0.1, 0.15) is 31.9 Å². The van der Waals surface area contributed by atoms with E-state index >= 15 is 0 Å². The first kappa shape index (κ1) is 28.7. The molecule has 0 amide bonds. The Morgan fingerprint density at radius 2 is 1.05 bits per heavy atom. The third-order valence-electron chi connectivity index (χ3n) is 7.07. The van der Waals surface area contributed by atoms with Crippen molar-refractivity contribution >= 4 is 18.7 Å². The molecule has 202 valence electrons. The van der Waals surface area contributed by atoms with Gasteiger partial charge in [-0.25, -0.2) is 0 Å². The Labute approximate surface area is 235 Å². The molecule has 0 N–H and O–H groups in total. The summed E-state index contributed by atoms with van der Waals surface area (Å²) in [5.74, 6) is 0. The van der Waals surface area contributed by atoms with E-state index in [1.54, 1.807) is 0 Å². The molecule has 0 spiro atoms. The average Bonchev–Trinajstić information content (AvgIpc) is 2.97. The topological polar surface area (TPSA) is 27.7 Å². The van der Waals surface area contributed by atoms with E-state index in [1.165, 1.54) is 10.4 Å². The zero-order valence-corrected chi connectivity index (χ0v) is 24.3. The van der Waals surface area contributed by atoms with Crippen LogP contribution in [0.5, 0.6) is 0 Å². The summed E-state index contributed by atoms with van der Waals surface area (Å²) >= 11 is 0. The molecule has 39 heavy (non-hydrogen) atoms. The number of hydrogen-bond donors (Lipinski definition) is 0. The second-order valence-corrected chi connectivity index (χ2v) is 15.1. The molecule has 0 aliphatic carbocycles. The van der Waals surface area contributed by atoms with E-state index in [-0.39, 0.29) is 17.2 Å². The monoisotopic (exact) mass is 536 g/mol. The number of ether oxygens (including phenoxy) is 2. The highest BCUT2D eigenvalue weighted by Crippen LogP contribution is 2.37. The Bertz CT molecular complexity index is 1220. The molecular weight excluding hydrogens is 496 g/mol. The van der Waals surface area contributed by atoms with Crippen molar-refractivity contribution in [2.75, 3.05) is 6.61 Å². The highest BCUT2D eigenvalue weighted by atomic mass is 28.4. The van der Waals surface area contributed by atoms with Gasteiger partial charge in [0.2, 0.25) is 0 Å². The lowest BCUT2D eigenvalue weighted by atomic mass is 10.2. The largest absolute Gasteiger partial charge is 0.405 e. The molecular formula is C35H40O3Si. The molecule has 4 heteroatoms. The van der Waals surface area contributed by atoms with Crippen molar-refractivity contribution < 1.29 is 13.9 Å². The van der Waals surface area contributed by atoms with Gasteiger partial charge in [0.15, 0.2) is 0 Å². The van der Waals surface area contributed by atoms with Crippen LogP contribution < -0.4 is 10.4 Å². The Morgan fingerprint density at radius 1 is 0.641 bits per heavy atom. The lowest BCUT2D eigenvalue weighted by Crippen LogP contribution is -2.67. The van der Waals surface area contributed by atoms with Crippen molar-refractivity contribution in [3.63, 3.8) is 0 Å². The molecule has 0 saturated heterocycles. The zero-order valence-electron chi connectivity index (χ0n) is 23.3. The van der Waals surface area contributed by atoms with Crippen molar-refractivity contribution in [3.8, 4) is 0 Å². The fourth-order valence-corrected chi connectivity index (χ4v) is 9.65. The van der Waals surface area contributed by atoms with Crippen LogP contribution >= 0.6 is 0 Å². The van der Waals surface area contributed by atoms with E-state index in [4.69, 9.17) is 13.9 Å². The minimum atomic E-state index is -2.74. The first-order chi connectivity index (χ1) is 18.9. The van der Waals surface area contributed by atoms with Crippen LogP contribution in [0.3, 0.4) is 0 Å². The normalized spacial score (nSPS) is 13.5. The summed E-state index contributed by atoms with van der Waals surface area (Å²) in [5, 5.41) is 2.35. The van der Waals surface area contributed by atoms with E-state index in [0.717, 1.165) is 11.1 Å². The number of hydrogen-bond acceptors (Lipinski definition) is 3. The highest BCUT2D eigenvalue weighted by Gasteiger charge is 2.50. The van der Waals surface area contributed by atoms with E-state index in [0.29, 0.717) is 19.8 Å². The first-order valence-corrected chi connectivity index (χ1v) is 15.5. The van der Waals surface area contributed by atoms with Crippen LogP contribution in [0.15, 0.2) is 134 Å². The molecule has 3 nitrogen and oxygen atoms in total. The molecule has 2 atom stereocenters. The Hall–Kier alpha value is -3.28. The highest BCUT2D eigenvalue weighted by molar-refractivity contribution is 6.99. The fraction of sp³-hybridized carbons (Fsp3) is 0.257. The third kappa shape index (κ3) is 7.23. The second kappa shape index (κ2) is 13.7. The van der Waals surface area contributed by atoms with Gasteiger partial charge in [0.05, 0.1) is 19.8 Å². The van der Waals surface area contributed by atoms with Crippen molar-refractivity contribution in [3.05, 3.63) is 145 Å². The lowest BCUT2D eigenvalue weighted by molar-refractivity contribution is -0.0818. The number of benzene rings is 4. The van der Waals surface area contributed by atoms with Gasteiger partial charge in [-0.2, -0.15) is 0 Å². The quantitative estimate of drug-likeness (QED) is 0.137. The summed E-state index contributed by atoms with van der Waals surface area (Å²) in [4.78, 5) is 0. The molecule has 0 aromatic heterocycles. The summed E-state index contributed by atoms with van der Waals surface area (Å²) < 4.78 is 20.2. The molecule has 0 saturated carbocycles. The molecule has 0 fully saturated rings. The predicted octanol–water partition coefficient (Wildman–Crippen LogP) is 6.92. The molecule has 0 heterocycles. The van der Waals surface area contributed by atoms with Gasteiger partial charge in [-0.05, 0) is 26.5 Å². The van der Waals surface area contributed by atoms with Crippen LogP contribution in [-0.2, 0) is 27.1 Å². The van der Waals surface area contributed by atoms with Crippen molar-refractivity contribution in [1.29, 1.82) is 0 Å². The maximum Gasteiger partial charge on any atom is 0.261 e. The van der Waals surface area contributed by atoms with Gasteiger partial charge in [-0.3, -0.25) is 0 Å². The van der Waals surface area contributed by atoms with E-state index in [1.807, 2.05) is 42.5 Å². The zero-order chi connectivity index (χ0) is 27.6. The van der Waals surface area contributed by atoms with E-state index < -0.39 is 8.32 Å². The summed E-state index contributed by atoms with van der Waals surface area (Å²) in [6.07, 6.45) is 1.16. The van der Waals surface area contributed by atoms with Crippen LogP contribution in [0.25, 0.3) is 0 Å². The van der Waals surface area contributed by atoms with Gasteiger partial charge >= 0.3 is 0 Å². The van der Waals surface area contributed by atoms with Crippen molar-refractivity contribution in [2.24, 2.45) is 0 Å². The smallest absolute Gasteiger partial charge is 0.261 e. The predicted molar refractivity (Wildman–Crippen MR) is 164 cm³/mol.